The van der Waals surface area contributed by atoms with E-state index in [9.17, 15) is 0 Å². The number of hydrogen-bond acceptors (Lipinski definition) is 5. The molecule has 3 N–H and O–H groups in total. The molecule has 1 unspecified atom stereocenters. The molecule has 2 aliphatic rings. The van der Waals surface area contributed by atoms with Crippen molar-refractivity contribution in [2.45, 2.75) is 44.8 Å². The molecule has 6 nitrogen and oxygen atoms in total. The number of amidine groups is 1. The first-order valence-corrected chi connectivity index (χ1v) is 7.61. The highest BCUT2D eigenvalue weighted by Gasteiger charge is 2.33. The first-order valence-electron chi connectivity index (χ1n) is 7.61. The number of oxime groups is 1. The molecule has 2 rings (SSSR count). The van der Waals surface area contributed by atoms with Crippen LogP contribution in [0.2, 0.25) is 0 Å². The molecule has 0 saturated carbocycles. The van der Waals surface area contributed by atoms with Gasteiger partial charge < -0.3 is 20.6 Å². The molecule has 2 heterocycles. The number of hydrogen-bond donors (Lipinski definition) is 2. The molecule has 0 aromatic carbocycles. The highest BCUT2D eigenvalue weighted by molar-refractivity contribution is 5.88. The van der Waals surface area contributed by atoms with Crippen LogP contribution in [0.5, 0.6) is 0 Å². The van der Waals surface area contributed by atoms with Crippen LogP contribution in [0.4, 0.5) is 0 Å². The molecule has 20 heavy (non-hydrogen) atoms. The van der Waals surface area contributed by atoms with Crippen molar-refractivity contribution in [1.82, 2.24) is 9.80 Å². The fourth-order valence-corrected chi connectivity index (χ4v) is 3.01. The molecule has 0 aromatic rings. The van der Waals surface area contributed by atoms with Gasteiger partial charge in [-0.1, -0.05) is 5.16 Å². The lowest BCUT2D eigenvalue weighted by Crippen LogP contribution is -2.59. The third-order valence-corrected chi connectivity index (χ3v) is 4.69. The molecule has 0 aliphatic carbocycles. The monoisotopic (exact) mass is 284 g/mol. The predicted molar refractivity (Wildman–Crippen MR) is 79.1 cm³/mol. The average molecular weight is 284 g/mol. The molecule has 116 valence electrons. The van der Waals surface area contributed by atoms with Crippen LogP contribution in [0.15, 0.2) is 5.16 Å². The summed E-state index contributed by atoms with van der Waals surface area (Å²) in [6.45, 7) is 10.0. The second-order valence-electron chi connectivity index (χ2n) is 6.30. The fourth-order valence-electron chi connectivity index (χ4n) is 3.01. The summed E-state index contributed by atoms with van der Waals surface area (Å²) in [7, 11) is 0. The van der Waals surface area contributed by atoms with Crippen molar-refractivity contribution < 1.29 is 9.94 Å². The topological polar surface area (TPSA) is 74.3 Å². The minimum Gasteiger partial charge on any atom is -0.409 e. The molecule has 0 bridgehead atoms. The van der Waals surface area contributed by atoms with Crippen molar-refractivity contribution in [3.8, 4) is 0 Å². The molecule has 0 aromatic heterocycles. The van der Waals surface area contributed by atoms with Gasteiger partial charge in [-0.2, -0.15) is 0 Å². The molecule has 0 radical (unpaired) electrons. The van der Waals surface area contributed by atoms with Crippen LogP contribution in [0.1, 0.15) is 33.1 Å². The van der Waals surface area contributed by atoms with Gasteiger partial charge in [0, 0.05) is 39.3 Å². The van der Waals surface area contributed by atoms with E-state index in [-0.39, 0.29) is 11.4 Å². The molecule has 0 amide bonds. The summed E-state index contributed by atoms with van der Waals surface area (Å²) in [6.07, 6.45) is 4.05. The summed E-state index contributed by atoms with van der Waals surface area (Å²) >= 11 is 0. The van der Waals surface area contributed by atoms with Crippen molar-refractivity contribution in [1.29, 1.82) is 0 Å². The van der Waals surface area contributed by atoms with Crippen molar-refractivity contribution in [3.63, 3.8) is 0 Å². The van der Waals surface area contributed by atoms with E-state index in [1.165, 1.54) is 12.8 Å². The van der Waals surface area contributed by atoms with Crippen LogP contribution in [0.25, 0.3) is 0 Å². The Balaban J connectivity index is 1.74. The van der Waals surface area contributed by atoms with E-state index in [0.29, 0.717) is 6.10 Å². The van der Waals surface area contributed by atoms with E-state index in [0.717, 1.165) is 45.8 Å². The van der Waals surface area contributed by atoms with E-state index in [1.807, 2.05) is 13.8 Å². The Labute approximate surface area is 121 Å². The molecular weight excluding hydrogens is 256 g/mol. The van der Waals surface area contributed by atoms with Gasteiger partial charge >= 0.3 is 0 Å². The summed E-state index contributed by atoms with van der Waals surface area (Å²) in [5, 5.41) is 12.0. The molecule has 0 spiro atoms. The Morgan fingerprint density at radius 2 is 2.05 bits per heavy atom. The largest absolute Gasteiger partial charge is 0.409 e. The lowest BCUT2D eigenvalue weighted by Gasteiger charge is -2.43. The minimum absolute atomic E-state index is 0.283. The predicted octanol–water partition coefficient (Wildman–Crippen LogP) is 0.698. The first-order chi connectivity index (χ1) is 9.54. The van der Waals surface area contributed by atoms with Gasteiger partial charge in [0.1, 0.15) is 0 Å². The van der Waals surface area contributed by atoms with E-state index < -0.39 is 0 Å². The second kappa shape index (κ2) is 6.74. The Morgan fingerprint density at radius 3 is 2.60 bits per heavy atom. The molecule has 2 aliphatic heterocycles. The zero-order valence-electron chi connectivity index (χ0n) is 12.7. The van der Waals surface area contributed by atoms with E-state index in [1.54, 1.807) is 0 Å². The maximum absolute atomic E-state index is 8.87. The van der Waals surface area contributed by atoms with Crippen molar-refractivity contribution in [3.05, 3.63) is 0 Å². The Hall–Kier alpha value is -0.850. The number of nitrogens with zero attached hydrogens (tertiary/aromatic N) is 3. The quantitative estimate of drug-likeness (QED) is 0.336. The molecule has 1 atom stereocenters. The first kappa shape index (κ1) is 15.5. The number of nitrogens with two attached hydrogens (primary N) is 1. The van der Waals surface area contributed by atoms with Gasteiger partial charge in [0.05, 0.1) is 11.6 Å². The number of ether oxygens (including phenoxy) is 1. The van der Waals surface area contributed by atoms with Gasteiger partial charge in [-0.25, -0.2) is 0 Å². The summed E-state index contributed by atoms with van der Waals surface area (Å²) in [5.74, 6) is 0.283. The maximum atomic E-state index is 8.87. The minimum atomic E-state index is -0.380. The summed E-state index contributed by atoms with van der Waals surface area (Å²) in [6, 6.07) is 0. The normalized spacial score (nSPS) is 27.1. The van der Waals surface area contributed by atoms with Crippen LogP contribution in [-0.2, 0) is 4.74 Å². The third-order valence-electron chi connectivity index (χ3n) is 4.69. The van der Waals surface area contributed by atoms with Crippen molar-refractivity contribution in [2.75, 3.05) is 39.3 Å². The fraction of sp³-hybridized carbons (Fsp3) is 0.929. The van der Waals surface area contributed by atoms with Crippen LogP contribution in [-0.4, -0.2) is 71.8 Å². The highest BCUT2D eigenvalue weighted by atomic mass is 16.5. The third kappa shape index (κ3) is 3.62. The van der Waals surface area contributed by atoms with Crippen LogP contribution in [0, 0.1) is 0 Å². The molecule has 2 saturated heterocycles. The highest BCUT2D eigenvalue weighted by Crippen LogP contribution is 2.19. The van der Waals surface area contributed by atoms with Crippen LogP contribution >= 0.6 is 0 Å². The average Bonchev–Trinajstić information content (AvgIpc) is 2.98. The summed E-state index contributed by atoms with van der Waals surface area (Å²) in [5.41, 5.74) is 5.41. The van der Waals surface area contributed by atoms with Crippen molar-refractivity contribution >= 4 is 5.84 Å². The van der Waals surface area contributed by atoms with Gasteiger partial charge in [-0.05, 0) is 33.1 Å². The molecular formula is C14H28N4O2. The van der Waals surface area contributed by atoms with Gasteiger partial charge in [0.2, 0.25) is 0 Å². The number of rotatable bonds is 5. The summed E-state index contributed by atoms with van der Waals surface area (Å²) < 4.78 is 5.67. The van der Waals surface area contributed by atoms with Gasteiger partial charge in [0.15, 0.2) is 5.84 Å². The van der Waals surface area contributed by atoms with E-state index in [4.69, 9.17) is 15.7 Å². The standard InChI is InChI=1S/C14H28N4O2/c1-14(2,13(15)16-19)18-9-7-17(8-10-18)6-5-12-4-3-11-20-12/h12,19H,3-11H2,1-2H3,(H2,15,16). The van der Waals surface area contributed by atoms with Crippen LogP contribution < -0.4 is 5.73 Å². The molecule has 6 heteroatoms. The zero-order valence-corrected chi connectivity index (χ0v) is 12.7. The zero-order chi connectivity index (χ0) is 14.6. The van der Waals surface area contributed by atoms with E-state index >= 15 is 0 Å². The van der Waals surface area contributed by atoms with Gasteiger partial charge in [0.25, 0.3) is 0 Å². The summed E-state index contributed by atoms with van der Waals surface area (Å²) in [4.78, 5) is 4.77. The smallest absolute Gasteiger partial charge is 0.159 e. The maximum Gasteiger partial charge on any atom is 0.159 e. The van der Waals surface area contributed by atoms with Gasteiger partial charge in [-0.15, -0.1) is 0 Å². The second-order valence-corrected chi connectivity index (χ2v) is 6.30. The Bertz CT molecular complexity index is 332. The van der Waals surface area contributed by atoms with E-state index in [2.05, 4.69) is 15.0 Å². The molecule has 2 fully saturated rings. The Kier molecular flexibility index (Phi) is 5.23. The van der Waals surface area contributed by atoms with Crippen LogP contribution in [0.3, 0.4) is 0 Å². The lowest BCUT2D eigenvalue weighted by atomic mass is 10.00. The van der Waals surface area contributed by atoms with Gasteiger partial charge in [-0.3, -0.25) is 4.90 Å². The Morgan fingerprint density at radius 1 is 1.35 bits per heavy atom. The van der Waals surface area contributed by atoms with Crippen molar-refractivity contribution in [2.24, 2.45) is 10.9 Å². The lowest BCUT2D eigenvalue weighted by molar-refractivity contribution is 0.0601. The number of piperazine rings is 1. The SMILES string of the molecule is CC(C)(C(N)=NO)N1CCN(CCC2CCCO2)CC1.